The molecule has 10 nitrogen and oxygen atoms in total. The monoisotopic (exact) mass is 491 g/mol. The van der Waals surface area contributed by atoms with Gasteiger partial charge >= 0.3 is 0 Å². The minimum absolute atomic E-state index is 0.0996. The van der Waals surface area contributed by atoms with Gasteiger partial charge in [0.1, 0.15) is 17.0 Å². The standard InChI is InChI=1S/C22H24F3N7O3/c23-11-5-13(24)18(14(25)6-11)30-22-29-15-7-27-21(28-16-8-35-9-17(16)33)31-20(15)32(22)12-3-1-10(2-4-12)19(26)34/h5-7,10,12,16-17,33H,1-4,8-9H2,(H2,26,34)(H,29,30)(H,27,28,31). The van der Waals surface area contributed by atoms with Gasteiger partial charge in [0.15, 0.2) is 17.3 Å². The topological polar surface area (TPSA) is 140 Å². The molecule has 0 spiro atoms. The molecule has 3 aromatic rings. The van der Waals surface area contributed by atoms with Crippen molar-refractivity contribution in [2.75, 3.05) is 23.8 Å². The van der Waals surface area contributed by atoms with E-state index in [1.165, 1.54) is 6.20 Å². The smallest absolute Gasteiger partial charge is 0.225 e. The number of nitrogens with two attached hydrogens (primary N) is 1. The number of fused-ring (bicyclic) bond motifs is 1. The van der Waals surface area contributed by atoms with Crippen molar-refractivity contribution in [3.8, 4) is 0 Å². The lowest BCUT2D eigenvalue weighted by Gasteiger charge is -2.29. The number of halogens is 3. The number of carbonyl (C=O) groups excluding carboxylic acids is 1. The molecule has 2 unspecified atom stereocenters. The summed E-state index contributed by atoms with van der Waals surface area (Å²) in [5.41, 5.74) is 5.67. The lowest BCUT2D eigenvalue weighted by molar-refractivity contribution is -0.122. The van der Waals surface area contributed by atoms with Crippen LogP contribution >= 0.6 is 0 Å². The SMILES string of the molecule is NC(=O)C1CCC(n2c(Nc3c(F)cc(F)cc3F)nc3cnc(NC4COCC4O)nc32)CC1. The number of carbonyl (C=O) groups is 1. The van der Waals surface area contributed by atoms with E-state index in [2.05, 4.69) is 25.6 Å². The lowest BCUT2D eigenvalue weighted by atomic mass is 9.85. The van der Waals surface area contributed by atoms with Crippen molar-refractivity contribution in [3.63, 3.8) is 0 Å². The van der Waals surface area contributed by atoms with E-state index < -0.39 is 35.3 Å². The van der Waals surface area contributed by atoms with Crippen molar-refractivity contribution in [1.82, 2.24) is 19.5 Å². The highest BCUT2D eigenvalue weighted by molar-refractivity contribution is 5.78. The van der Waals surface area contributed by atoms with Crippen LogP contribution < -0.4 is 16.4 Å². The Morgan fingerprint density at radius 3 is 2.46 bits per heavy atom. The summed E-state index contributed by atoms with van der Waals surface area (Å²) in [7, 11) is 0. The molecule has 2 aromatic heterocycles. The highest BCUT2D eigenvalue weighted by Gasteiger charge is 2.31. The van der Waals surface area contributed by atoms with Gasteiger partial charge in [0.05, 0.1) is 31.6 Å². The third-order valence-corrected chi connectivity index (χ3v) is 6.51. The summed E-state index contributed by atoms with van der Waals surface area (Å²) in [5.74, 6) is -3.54. The summed E-state index contributed by atoms with van der Waals surface area (Å²) >= 11 is 0. The van der Waals surface area contributed by atoms with E-state index in [1.807, 2.05) is 0 Å². The predicted octanol–water partition coefficient (Wildman–Crippen LogP) is 2.38. The van der Waals surface area contributed by atoms with E-state index in [0.29, 0.717) is 49.0 Å². The average molecular weight is 491 g/mol. The molecule has 3 heterocycles. The van der Waals surface area contributed by atoms with Gasteiger partial charge in [0, 0.05) is 24.1 Å². The highest BCUT2D eigenvalue weighted by Crippen LogP contribution is 2.37. The number of imidazole rings is 1. The Morgan fingerprint density at radius 2 is 1.83 bits per heavy atom. The first kappa shape index (κ1) is 23.3. The molecule has 2 atom stereocenters. The number of aromatic nitrogens is 4. The van der Waals surface area contributed by atoms with E-state index in [-0.39, 0.29) is 43.0 Å². The molecule has 35 heavy (non-hydrogen) atoms. The molecule has 0 radical (unpaired) electrons. The number of nitrogens with one attached hydrogen (secondary N) is 2. The van der Waals surface area contributed by atoms with Crippen LogP contribution in [0.2, 0.25) is 0 Å². The second-order valence-corrected chi connectivity index (χ2v) is 8.84. The Balaban J connectivity index is 1.54. The van der Waals surface area contributed by atoms with Gasteiger partial charge in [-0.15, -0.1) is 0 Å². The maximum atomic E-state index is 14.4. The number of primary amides is 1. The van der Waals surface area contributed by atoms with Crippen LogP contribution in [0.5, 0.6) is 0 Å². The zero-order valence-corrected chi connectivity index (χ0v) is 18.5. The second-order valence-electron chi connectivity index (χ2n) is 8.84. The Morgan fingerprint density at radius 1 is 1.11 bits per heavy atom. The van der Waals surface area contributed by atoms with Crippen LogP contribution in [0.25, 0.3) is 11.2 Å². The lowest BCUT2D eigenvalue weighted by Crippen LogP contribution is -2.32. The molecule has 1 aliphatic heterocycles. The number of rotatable bonds is 6. The molecule has 1 saturated carbocycles. The molecule has 1 aliphatic carbocycles. The van der Waals surface area contributed by atoms with Gasteiger partial charge in [-0.3, -0.25) is 9.36 Å². The van der Waals surface area contributed by atoms with E-state index in [0.717, 1.165) is 0 Å². The summed E-state index contributed by atoms with van der Waals surface area (Å²) in [6.07, 6.45) is 2.94. The molecule has 5 N–H and O–H groups in total. The molecular formula is C22H24F3N7O3. The fraction of sp³-hybridized carbons (Fsp3) is 0.455. The fourth-order valence-corrected chi connectivity index (χ4v) is 4.63. The summed E-state index contributed by atoms with van der Waals surface area (Å²) in [5, 5.41) is 15.7. The molecule has 13 heteroatoms. The van der Waals surface area contributed by atoms with E-state index in [1.54, 1.807) is 4.57 Å². The summed E-state index contributed by atoms with van der Waals surface area (Å²) < 4.78 is 49.1. The number of anilines is 3. The number of aliphatic hydroxyl groups excluding tert-OH is 1. The van der Waals surface area contributed by atoms with Crippen LogP contribution in [0.3, 0.4) is 0 Å². The summed E-state index contributed by atoms with van der Waals surface area (Å²) in [4.78, 5) is 24.9. The summed E-state index contributed by atoms with van der Waals surface area (Å²) in [6.45, 7) is 0.485. The van der Waals surface area contributed by atoms with Crippen LogP contribution in [-0.4, -0.2) is 55.9 Å². The Bertz CT molecular complexity index is 1240. The maximum Gasteiger partial charge on any atom is 0.225 e. The third-order valence-electron chi connectivity index (χ3n) is 6.51. The molecular weight excluding hydrogens is 467 g/mol. The largest absolute Gasteiger partial charge is 0.388 e. The first-order valence-corrected chi connectivity index (χ1v) is 11.3. The van der Waals surface area contributed by atoms with Crippen LogP contribution in [-0.2, 0) is 9.53 Å². The van der Waals surface area contributed by atoms with Crippen molar-refractivity contribution in [3.05, 3.63) is 35.8 Å². The van der Waals surface area contributed by atoms with E-state index >= 15 is 0 Å². The maximum absolute atomic E-state index is 14.4. The molecule has 186 valence electrons. The number of nitrogens with zero attached hydrogens (tertiary/aromatic N) is 4. The van der Waals surface area contributed by atoms with Gasteiger partial charge < -0.3 is 26.2 Å². The van der Waals surface area contributed by atoms with Gasteiger partial charge in [-0.1, -0.05) is 0 Å². The number of benzene rings is 1. The van der Waals surface area contributed by atoms with Crippen LogP contribution in [0.15, 0.2) is 18.3 Å². The Labute approximate surface area is 197 Å². The highest BCUT2D eigenvalue weighted by atomic mass is 19.1. The number of hydrogen-bond donors (Lipinski definition) is 4. The summed E-state index contributed by atoms with van der Waals surface area (Å²) in [6, 6.07) is 0.559. The predicted molar refractivity (Wildman–Crippen MR) is 119 cm³/mol. The van der Waals surface area contributed by atoms with Crippen molar-refractivity contribution in [1.29, 1.82) is 0 Å². The van der Waals surface area contributed by atoms with Crippen molar-refractivity contribution in [2.24, 2.45) is 11.7 Å². The zero-order valence-electron chi connectivity index (χ0n) is 18.5. The van der Waals surface area contributed by atoms with Gasteiger partial charge in [0.2, 0.25) is 17.8 Å². The molecule has 1 saturated heterocycles. The van der Waals surface area contributed by atoms with Crippen molar-refractivity contribution in [2.45, 2.75) is 43.9 Å². The zero-order chi connectivity index (χ0) is 24.7. The van der Waals surface area contributed by atoms with Crippen LogP contribution in [0.4, 0.5) is 30.8 Å². The molecule has 2 aliphatic rings. The van der Waals surface area contributed by atoms with Crippen molar-refractivity contribution < 1.29 is 27.8 Å². The van der Waals surface area contributed by atoms with Gasteiger partial charge in [-0.05, 0) is 25.7 Å². The Kier molecular flexibility index (Phi) is 6.19. The molecule has 1 amide bonds. The minimum Gasteiger partial charge on any atom is -0.388 e. The second kappa shape index (κ2) is 9.30. The van der Waals surface area contributed by atoms with Gasteiger partial charge in [-0.2, -0.15) is 4.98 Å². The number of ether oxygens (including phenoxy) is 1. The number of amides is 1. The Hall–Kier alpha value is -3.45. The molecule has 5 rings (SSSR count). The van der Waals surface area contributed by atoms with Crippen LogP contribution in [0, 0.1) is 23.4 Å². The minimum atomic E-state index is -1.11. The quantitative estimate of drug-likeness (QED) is 0.412. The third kappa shape index (κ3) is 4.60. The van der Waals surface area contributed by atoms with E-state index in [4.69, 9.17) is 10.5 Å². The molecule has 0 bridgehead atoms. The van der Waals surface area contributed by atoms with Gasteiger partial charge in [-0.25, -0.2) is 23.1 Å². The van der Waals surface area contributed by atoms with E-state index in [9.17, 15) is 23.1 Å². The molecule has 1 aromatic carbocycles. The normalized spacial score (nSPS) is 24.6. The fourth-order valence-electron chi connectivity index (χ4n) is 4.63. The number of aliphatic hydroxyl groups is 1. The molecule has 2 fully saturated rings. The number of hydrogen-bond acceptors (Lipinski definition) is 8. The first-order valence-electron chi connectivity index (χ1n) is 11.3. The average Bonchev–Trinajstić information content (AvgIpc) is 3.38. The first-order chi connectivity index (χ1) is 16.8. The van der Waals surface area contributed by atoms with Crippen LogP contribution in [0.1, 0.15) is 31.7 Å². The van der Waals surface area contributed by atoms with Gasteiger partial charge in [0.25, 0.3) is 0 Å². The van der Waals surface area contributed by atoms with Crippen molar-refractivity contribution >= 4 is 34.7 Å².